The number of halogens is 2. The minimum Gasteiger partial charge on any atom is -1.00 e. The van der Waals surface area contributed by atoms with Crippen molar-refractivity contribution in [3.63, 3.8) is 0 Å². The molecular weight excluding hydrogens is 386 g/mol. The van der Waals surface area contributed by atoms with Gasteiger partial charge in [0.05, 0.1) is 0 Å². The summed E-state index contributed by atoms with van der Waals surface area (Å²) < 4.78 is 0. The molecule has 0 spiro atoms. The Balaban J connectivity index is -0.000000125. The third-order valence-electron chi connectivity index (χ3n) is 1.31. The maximum atomic E-state index is 2.12. The van der Waals surface area contributed by atoms with E-state index in [1.165, 1.54) is 0 Å². The molecule has 0 fully saturated rings. The summed E-state index contributed by atoms with van der Waals surface area (Å²) in [5.74, 6) is 0. The maximum absolute atomic E-state index is 2.12. The fourth-order valence-corrected chi connectivity index (χ4v) is 0.786. The Bertz CT molecular complexity index is 151. The fraction of sp³-hybridized carbons (Fsp3) is 0.200. The largest absolute Gasteiger partial charge is 2.00 e. The molecule has 2 aliphatic rings. The minimum absolute atomic E-state index is 0. The van der Waals surface area contributed by atoms with Crippen LogP contribution in [-0.2, 0) is 21.1 Å². The van der Waals surface area contributed by atoms with Crippen LogP contribution in [0.25, 0.3) is 0 Å². The van der Waals surface area contributed by atoms with Crippen LogP contribution in [0.15, 0.2) is 48.6 Å². The van der Waals surface area contributed by atoms with Gasteiger partial charge in [0.2, 0.25) is 0 Å². The van der Waals surface area contributed by atoms with Crippen molar-refractivity contribution in [2.45, 2.75) is 12.8 Å². The first kappa shape index (κ1) is 18.9. The molecule has 3 heteroatoms. The summed E-state index contributed by atoms with van der Waals surface area (Å²) in [6, 6.07) is 0. The van der Waals surface area contributed by atoms with Gasteiger partial charge >= 0.3 is 21.1 Å². The third-order valence-corrected chi connectivity index (χ3v) is 1.31. The Morgan fingerprint density at radius 3 is 0.846 bits per heavy atom. The molecule has 76 valence electrons. The van der Waals surface area contributed by atoms with Crippen LogP contribution in [0, 0.1) is 0 Å². The fourth-order valence-electron chi connectivity index (χ4n) is 0.786. The summed E-state index contributed by atoms with van der Waals surface area (Å²) >= 11 is 0. The van der Waals surface area contributed by atoms with Crippen molar-refractivity contribution in [1.82, 2.24) is 0 Å². The molecule has 0 heterocycles. The van der Waals surface area contributed by atoms with Gasteiger partial charge in [0.1, 0.15) is 0 Å². The van der Waals surface area contributed by atoms with Crippen molar-refractivity contribution in [1.29, 1.82) is 0 Å². The van der Waals surface area contributed by atoms with Gasteiger partial charge < -0.3 is 24.8 Å². The molecule has 0 nitrogen and oxygen atoms in total. The van der Waals surface area contributed by atoms with Crippen LogP contribution in [0.5, 0.6) is 0 Å². The molecule has 2 rings (SSSR count). The number of rotatable bonds is 0. The third kappa shape index (κ3) is 12.2. The van der Waals surface area contributed by atoms with E-state index in [0.29, 0.717) is 0 Å². The molecule has 0 N–H and O–H groups in total. The van der Waals surface area contributed by atoms with Gasteiger partial charge in [-0.3, -0.25) is 0 Å². The SMILES string of the molecule is C1=CCC=C1.C1=CCC=C1.[Cl-].[Cl-].[Pt+2]. The van der Waals surface area contributed by atoms with E-state index in [1.54, 1.807) is 0 Å². The first-order valence-corrected chi connectivity index (χ1v) is 3.63. The summed E-state index contributed by atoms with van der Waals surface area (Å²) in [7, 11) is 0. The van der Waals surface area contributed by atoms with Crippen molar-refractivity contribution in [2.24, 2.45) is 0 Å². The zero-order valence-corrected chi connectivity index (χ0v) is 10.9. The number of allylic oxidation sites excluding steroid dienone is 8. The normalized spacial score (nSPS) is 13.5. The number of hydrogen-bond donors (Lipinski definition) is 0. The monoisotopic (exact) mass is 397 g/mol. The minimum atomic E-state index is 0. The summed E-state index contributed by atoms with van der Waals surface area (Å²) in [4.78, 5) is 0. The topological polar surface area (TPSA) is 0 Å². The summed E-state index contributed by atoms with van der Waals surface area (Å²) in [6.45, 7) is 0. The van der Waals surface area contributed by atoms with Gasteiger partial charge in [0, 0.05) is 0 Å². The van der Waals surface area contributed by atoms with Crippen LogP contribution >= 0.6 is 0 Å². The van der Waals surface area contributed by atoms with Crippen LogP contribution in [-0.4, -0.2) is 0 Å². The first-order valence-electron chi connectivity index (χ1n) is 3.63. The predicted octanol–water partition coefficient (Wildman–Crippen LogP) is -2.99. The van der Waals surface area contributed by atoms with Gasteiger partial charge in [-0.2, -0.15) is 0 Å². The predicted molar refractivity (Wildman–Crippen MR) is 45.8 cm³/mol. The van der Waals surface area contributed by atoms with Crippen molar-refractivity contribution in [3.05, 3.63) is 48.6 Å². The second-order valence-electron chi connectivity index (χ2n) is 2.18. The molecule has 0 aromatic rings. The van der Waals surface area contributed by atoms with E-state index in [0.717, 1.165) is 12.8 Å². The van der Waals surface area contributed by atoms with E-state index in [1.807, 2.05) is 0 Å². The van der Waals surface area contributed by atoms with E-state index in [9.17, 15) is 0 Å². The van der Waals surface area contributed by atoms with Gasteiger partial charge in [0.15, 0.2) is 0 Å². The second-order valence-corrected chi connectivity index (χ2v) is 2.18. The van der Waals surface area contributed by atoms with E-state index in [4.69, 9.17) is 0 Å². The summed E-state index contributed by atoms with van der Waals surface area (Å²) in [5, 5.41) is 0. The molecule has 0 aromatic heterocycles. The molecule has 0 radical (unpaired) electrons. The smallest absolute Gasteiger partial charge is 1.00 e. The molecule has 0 aromatic carbocycles. The average molecular weight is 398 g/mol. The molecular formula is C10H12Cl2Pt. The van der Waals surface area contributed by atoms with E-state index in [-0.39, 0.29) is 45.9 Å². The first-order chi connectivity index (χ1) is 5.00. The van der Waals surface area contributed by atoms with Gasteiger partial charge in [-0.1, -0.05) is 48.6 Å². The van der Waals surface area contributed by atoms with Gasteiger partial charge in [0.25, 0.3) is 0 Å². The van der Waals surface area contributed by atoms with Crippen molar-refractivity contribution in [2.75, 3.05) is 0 Å². The molecule has 0 amide bonds. The second kappa shape index (κ2) is 14.7. The Morgan fingerprint density at radius 1 is 0.538 bits per heavy atom. The zero-order valence-electron chi connectivity index (χ0n) is 7.11. The Labute approximate surface area is 107 Å². The van der Waals surface area contributed by atoms with Crippen LogP contribution in [0.4, 0.5) is 0 Å². The molecule has 0 atom stereocenters. The number of hydrogen-bond acceptors (Lipinski definition) is 0. The van der Waals surface area contributed by atoms with E-state index < -0.39 is 0 Å². The molecule has 13 heavy (non-hydrogen) atoms. The molecule has 0 saturated carbocycles. The van der Waals surface area contributed by atoms with Crippen molar-refractivity contribution >= 4 is 0 Å². The van der Waals surface area contributed by atoms with E-state index in [2.05, 4.69) is 48.6 Å². The van der Waals surface area contributed by atoms with Gasteiger partial charge in [-0.05, 0) is 12.8 Å². The Kier molecular flexibility index (Phi) is 21.4. The zero-order chi connectivity index (χ0) is 7.07. The van der Waals surface area contributed by atoms with Crippen molar-refractivity contribution < 1.29 is 45.9 Å². The molecule has 0 bridgehead atoms. The average Bonchev–Trinajstić information content (AvgIpc) is 2.67. The Morgan fingerprint density at radius 2 is 0.769 bits per heavy atom. The van der Waals surface area contributed by atoms with Gasteiger partial charge in [-0.15, -0.1) is 0 Å². The molecule has 0 aliphatic heterocycles. The van der Waals surface area contributed by atoms with Crippen LogP contribution in [0.3, 0.4) is 0 Å². The van der Waals surface area contributed by atoms with E-state index >= 15 is 0 Å². The standard InChI is InChI=1S/2C5H6.2ClH.Pt/c2*1-2-4-5-3-1;;;/h2*1-4H,5H2;2*1H;/q;;;;+2/p-2. The molecule has 0 saturated heterocycles. The quantitative estimate of drug-likeness (QED) is 0.409. The van der Waals surface area contributed by atoms with Crippen LogP contribution in [0.1, 0.15) is 12.8 Å². The van der Waals surface area contributed by atoms with Gasteiger partial charge in [-0.25, -0.2) is 0 Å². The summed E-state index contributed by atoms with van der Waals surface area (Å²) in [6.07, 6.45) is 19.0. The molecule has 0 unspecified atom stereocenters. The van der Waals surface area contributed by atoms with Crippen LogP contribution in [0.2, 0.25) is 0 Å². The van der Waals surface area contributed by atoms with Crippen LogP contribution < -0.4 is 24.8 Å². The Hall–Kier alpha value is 0.228. The maximum Gasteiger partial charge on any atom is 2.00 e. The molecule has 2 aliphatic carbocycles. The summed E-state index contributed by atoms with van der Waals surface area (Å²) in [5.41, 5.74) is 0. The van der Waals surface area contributed by atoms with Crippen molar-refractivity contribution in [3.8, 4) is 0 Å².